The molecule has 6 nitrogen and oxygen atoms in total. The molecule has 4 rings (SSSR count). The standard InChI is InChI=1S/C14H15N5O/c1-9-16-14(18-17-9)10-2-3-13-12(6-10)15-8-19(13)7-11-4-5-20-11/h2-3,6,8,11H,4-5,7H2,1H3,(H,16,17,18)/t11-/m0/s1. The number of nitrogens with zero attached hydrogens (tertiary/aromatic N) is 4. The summed E-state index contributed by atoms with van der Waals surface area (Å²) >= 11 is 0. The van der Waals surface area contributed by atoms with E-state index in [1.807, 2.05) is 25.4 Å². The number of hydrogen-bond donors (Lipinski definition) is 1. The third kappa shape index (κ3) is 1.89. The predicted molar refractivity (Wildman–Crippen MR) is 74.2 cm³/mol. The number of fused-ring (bicyclic) bond motifs is 1. The highest BCUT2D eigenvalue weighted by molar-refractivity contribution is 5.80. The van der Waals surface area contributed by atoms with E-state index in [0.29, 0.717) is 6.10 Å². The van der Waals surface area contributed by atoms with E-state index < -0.39 is 0 Å². The minimum absolute atomic E-state index is 0.337. The van der Waals surface area contributed by atoms with Gasteiger partial charge in [-0.15, -0.1) is 0 Å². The first-order valence-electron chi connectivity index (χ1n) is 6.75. The van der Waals surface area contributed by atoms with E-state index in [-0.39, 0.29) is 0 Å². The van der Waals surface area contributed by atoms with Gasteiger partial charge in [0.1, 0.15) is 5.82 Å². The Kier molecular flexibility index (Phi) is 2.56. The van der Waals surface area contributed by atoms with E-state index in [1.54, 1.807) is 0 Å². The number of ether oxygens (including phenoxy) is 1. The molecule has 0 spiro atoms. The molecule has 1 aliphatic rings. The molecule has 20 heavy (non-hydrogen) atoms. The van der Waals surface area contributed by atoms with E-state index in [0.717, 1.165) is 47.8 Å². The second-order valence-corrected chi connectivity index (χ2v) is 5.11. The smallest absolute Gasteiger partial charge is 0.155 e. The van der Waals surface area contributed by atoms with Crippen molar-refractivity contribution in [2.24, 2.45) is 0 Å². The number of aryl methyl sites for hydroxylation is 1. The summed E-state index contributed by atoms with van der Waals surface area (Å²) in [5.74, 6) is 1.52. The van der Waals surface area contributed by atoms with Crippen molar-refractivity contribution in [3.05, 3.63) is 30.4 Å². The van der Waals surface area contributed by atoms with Crippen molar-refractivity contribution in [3.8, 4) is 11.4 Å². The fourth-order valence-corrected chi connectivity index (χ4v) is 2.48. The van der Waals surface area contributed by atoms with Gasteiger partial charge >= 0.3 is 0 Å². The second-order valence-electron chi connectivity index (χ2n) is 5.11. The summed E-state index contributed by atoms with van der Waals surface area (Å²) in [6.07, 6.45) is 3.35. The molecule has 1 atom stereocenters. The van der Waals surface area contributed by atoms with Crippen LogP contribution in [0, 0.1) is 6.92 Å². The lowest BCUT2D eigenvalue weighted by molar-refractivity contribution is -0.0586. The maximum absolute atomic E-state index is 5.48. The van der Waals surface area contributed by atoms with Gasteiger partial charge in [-0.3, -0.25) is 5.10 Å². The van der Waals surface area contributed by atoms with Crippen molar-refractivity contribution in [1.82, 2.24) is 24.7 Å². The number of H-pyrrole nitrogens is 1. The molecule has 0 radical (unpaired) electrons. The van der Waals surface area contributed by atoms with Crippen LogP contribution in [-0.2, 0) is 11.3 Å². The first-order valence-corrected chi connectivity index (χ1v) is 6.75. The Bertz CT molecular complexity index is 756. The van der Waals surface area contributed by atoms with Gasteiger partial charge in [-0.2, -0.15) is 5.10 Å². The summed E-state index contributed by atoms with van der Waals surface area (Å²) in [5.41, 5.74) is 3.10. The minimum atomic E-state index is 0.337. The molecule has 1 aromatic carbocycles. The molecule has 1 aliphatic heterocycles. The first kappa shape index (κ1) is 11.6. The van der Waals surface area contributed by atoms with Crippen molar-refractivity contribution in [3.63, 3.8) is 0 Å². The average molecular weight is 269 g/mol. The Hall–Kier alpha value is -2.21. The maximum Gasteiger partial charge on any atom is 0.155 e. The number of imidazole rings is 1. The lowest BCUT2D eigenvalue weighted by Gasteiger charge is -2.26. The van der Waals surface area contributed by atoms with Crippen LogP contribution in [0.4, 0.5) is 0 Å². The van der Waals surface area contributed by atoms with Gasteiger partial charge < -0.3 is 9.30 Å². The van der Waals surface area contributed by atoms with E-state index in [2.05, 4.69) is 30.8 Å². The molecule has 0 aliphatic carbocycles. The average Bonchev–Trinajstić information content (AvgIpc) is 3.00. The highest BCUT2D eigenvalue weighted by atomic mass is 16.5. The van der Waals surface area contributed by atoms with Crippen LogP contribution in [0.25, 0.3) is 22.4 Å². The molecule has 6 heteroatoms. The fourth-order valence-electron chi connectivity index (χ4n) is 2.48. The molecule has 1 fully saturated rings. The lowest BCUT2D eigenvalue weighted by Crippen LogP contribution is -2.30. The second kappa shape index (κ2) is 4.42. The summed E-state index contributed by atoms with van der Waals surface area (Å²) in [6.45, 7) is 3.62. The Morgan fingerprint density at radius 1 is 1.45 bits per heavy atom. The minimum Gasteiger partial charge on any atom is -0.376 e. The quantitative estimate of drug-likeness (QED) is 0.788. The van der Waals surface area contributed by atoms with E-state index in [9.17, 15) is 0 Å². The van der Waals surface area contributed by atoms with E-state index in [1.165, 1.54) is 0 Å². The van der Waals surface area contributed by atoms with Gasteiger partial charge in [0.05, 0.1) is 30.0 Å². The number of rotatable bonds is 3. The summed E-state index contributed by atoms with van der Waals surface area (Å²) in [4.78, 5) is 8.81. The number of aromatic amines is 1. The highest BCUT2D eigenvalue weighted by Gasteiger charge is 2.19. The van der Waals surface area contributed by atoms with Gasteiger partial charge in [0.2, 0.25) is 0 Å². The van der Waals surface area contributed by atoms with Crippen molar-refractivity contribution in [2.75, 3.05) is 6.61 Å². The van der Waals surface area contributed by atoms with Crippen molar-refractivity contribution in [1.29, 1.82) is 0 Å². The van der Waals surface area contributed by atoms with Crippen LogP contribution in [-0.4, -0.2) is 37.4 Å². The number of benzene rings is 1. The third-order valence-corrected chi connectivity index (χ3v) is 3.69. The fraction of sp³-hybridized carbons (Fsp3) is 0.357. The zero-order valence-corrected chi connectivity index (χ0v) is 11.2. The summed E-state index contributed by atoms with van der Waals surface area (Å²) in [5, 5.41) is 6.99. The van der Waals surface area contributed by atoms with Gasteiger partial charge in [-0.25, -0.2) is 9.97 Å². The van der Waals surface area contributed by atoms with Crippen LogP contribution in [0.1, 0.15) is 12.2 Å². The Labute approximate surface area is 115 Å². The van der Waals surface area contributed by atoms with E-state index >= 15 is 0 Å². The first-order chi connectivity index (χ1) is 9.79. The molecule has 0 unspecified atom stereocenters. The zero-order valence-electron chi connectivity index (χ0n) is 11.2. The Balaban J connectivity index is 1.69. The Morgan fingerprint density at radius 3 is 3.05 bits per heavy atom. The molecule has 3 heterocycles. The normalized spacial score (nSPS) is 18.4. The van der Waals surface area contributed by atoms with Crippen LogP contribution in [0.2, 0.25) is 0 Å². The molecular formula is C14H15N5O. The molecule has 0 bridgehead atoms. The summed E-state index contributed by atoms with van der Waals surface area (Å²) < 4.78 is 7.62. The molecule has 0 saturated carbocycles. The molecule has 1 N–H and O–H groups in total. The number of hydrogen-bond acceptors (Lipinski definition) is 4. The molecule has 1 saturated heterocycles. The third-order valence-electron chi connectivity index (χ3n) is 3.69. The van der Waals surface area contributed by atoms with Crippen molar-refractivity contribution < 1.29 is 4.74 Å². The summed E-state index contributed by atoms with van der Waals surface area (Å²) in [6, 6.07) is 6.16. The topological polar surface area (TPSA) is 68.6 Å². The molecule has 2 aromatic heterocycles. The van der Waals surface area contributed by atoms with Crippen LogP contribution in [0.15, 0.2) is 24.5 Å². The molecular weight excluding hydrogens is 254 g/mol. The van der Waals surface area contributed by atoms with Gasteiger partial charge in [0.15, 0.2) is 5.82 Å². The van der Waals surface area contributed by atoms with Crippen LogP contribution in [0.5, 0.6) is 0 Å². The zero-order chi connectivity index (χ0) is 13.5. The highest BCUT2D eigenvalue weighted by Crippen LogP contribution is 2.23. The summed E-state index contributed by atoms with van der Waals surface area (Å²) in [7, 11) is 0. The molecule has 102 valence electrons. The van der Waals surface area contributed by atoms with Crippen LogP contribution in [0.3, 0.4) is 0 Å². The Morgan fingerprint density at radius 2 is 2.35 bits per heavy atom. The van der Waals surface area contributed by atoms with E-state index in [4.69, 9.17) is 4.74 Å². The van der Waals surface area contributed by atoms with Gasteiger partial charge in [-0.1, -0.05) is 0 Å². The largest absolute Gasteiger partial charge is 0.376 e. The maximum atomic E-state index is 5.48. The van der Waals surface area contributed by atoms with Crippen LogP contribution >= 0.6 is 0 Å². The monoisotopic (exact) mass is 269 g/mol. The lowest BCUT2D eigenvalue weighted by atomic mass is 10.1. The molecule has 0 amide bonds. The number of nitrogens with one attached hydrogen (secondary N) is 1. The van der Waals surface area contributed by atoms with Crippen molar-refractivity contribution >= 4 is 11.0 Å². The van der Waals surface area contributed by atoms with Crippen molar-refractivity contribution in [2.45, 2.75) is 26.0 Å². The van der Waals surface area contributed by atoms with Gasteiger partial charge in [0, 0.05) is 12.2 Å². The number of aromatic nitrogens is 5. The predicted octanol–water partition coefficient (Wildman–Crippen LogP) is 1.92. The molecule has 3 aromatic rings. The van der Waals surface area contributed by atoms with Gasteiger partial charge in [0.25, 0.3) is 0 Å². The SMILES string of the molecule is Cc1n[nH]c(-c2ccc3c(c2)ncn3C[C@@H]2CCO2)n1. The van der Waals surface area contributed by atoms with Crippen LogP contribution < -0.4 is 0 Å². The van der Waals surface area contributed by atoms with Gasteiger partial charge in [-0.05, 0) is 31.5 Å².